The molecule has 0 spiro atoms. The van der Waals surface area contributed by atoms with Crippen molar-refractivity contribution in [1.29, 1.82) is 0 Å². The van der Waals surface area contributed by atoms with Gasteiger partial charge in [0.15, 0.2) is 5.82 Å². The van der Waals surface area contributed by atoms with Gasteiger partial charge in [0.25, 0.3) is 5.91 Å². The number of rotatable bonds is 3. The van der Waals surface area contributed by atoms with Gasteiger partial charge < -0.3 is 10.3 Å². The molecule has 3 rings (SSSR count). The van der Waals surface area contributed by atoms with E-state index in [1.54, 1.807) is 6.07 Å². The summed E-state index contributed by atoms with van der Waals surface area (Å²) >= 11 is 0. The van der Waals surface area contributed by atoms with Crippen molar-refractivity contribution < 1.29 is 4.79 Å². The quantitative estimate of drug-likeness (QED) is 0.683. The lowest BCUT2D eigenvalue weighted by Crippen LogP contribution is -2.13. The first-order chi connectivity index (χ1) is 9.70. The van der Waals surface area contributed by atoms with Gasteiger partial charge in [-0.25, -0.2) is 0 Å². The van der Waals surface area contributed by atoms with Gasteiger partial charge in [0.1, 0.15) is 0 Å². The summed E-state index contributed by atoms with van der Waals surface area (Å²) in [5.41, 5.74) is 3.49. The van der Waals surface area contributed by atoms with Gasteiger partial charge >= 0.3 is 0 Å². The Balaban J connectivity index is 1.93. The molecule has 0 aliphatic carbocycles. The van der Waals surface area contributed by atoms with E-state index < -0.39 is 0 Å². The predicted octanol–water partition coefficient (Wildman–Crippen LogP) is 3.01. The van der Waals surface area contributed by atoms with E-state index in [1.165, 1.54) is 0 Å². The number of fused-ring (bicyclic) bond motifs is 1. The van der Waals surface area contributed by atoms with Gasteiger partial charge in [0, 0.05) is 22.8 Å². The monoisotopic (exact) mass is 268 g/mol. The van der Waals surface area contributed by atoms with Crippen molar-refractivity contribution >= 4 is 22.6 Å². The lowest BCUT2D eigenvalue weighted by atomic mass is 10.1. The molecule has 0 radical (unpaired) electrons. The molecule has 0 aliphatic rings. The van der Waals surface area contributed by atoms with E-state index in [0.717, 1.165) is 28.6 Å². The molecular weight excluding hydrogens is 252 g/mol. The SMILES string of the molecule is CCc1[nH]nc(NC(=O)c2cccc3cc[nH]c23)c1C. The fraction of sp³-hybridized carbons (Fsp3) is 0.200. The maximum atomic E-state index is 12.4. The predicted molar refractivity (Wildman–Crippen MR) is 79.0 cm³/mol. The Hall–Kier alpha value is -2.56. The van der Waals surface area contributed by atoms with E-state index in [0.29, 0.717) is 11.4 Å². The van der Waals surface area contributed by atoms with Gasteiger partial charge in [-0.1, -0.05) is 19.1 Å². The third-order valence-electron chi connectivity index (χ3n) is 3.53. The highest BCUT2D eigenvalue weighted by Crippen LogP contribution is 2.20. The number of anilines is 1. The molecule has 1 aromatic carbocycles. The van der Waals surface area contributed by atoms with Crippen LogP contribution in [0.3, 0.4) is 0 Å². The van der Waals surface area contributed by atoms with Crippen molar-refractivity contribution in [1.82, 2.24) is 15.2 Å². The molecule has 3 aromatic rings. The molecule has 20 heavy (non-hydrogen) atoms. The van der Waals surface area contributed by atoms with Crippen LogP contribution in [-0.4, -0.2) is 21.1 Å². The summed E-state index contributed by atoms with van der Waals surface area (Å²) in [6.07, 6.45) is 2.69. The van der Waals surface area contributed by atoms with Crippen LogP contribution in [0.2, 0.25) is 0 Å². The van der Waals surface area contributed by atoms with Gasteiger partial charge in [-0.15, -0.1) is 0 Å². The average Bonchev–Trinajstić information content (AvgIpc) is 3.06. The van der Waals surface area contributed by atoms with Crippen molar-refractivity contribution in [2.45, 2.75) is 20.3 Å². The minimum atomic E-state index is -0.157. The van der Waals surface area contributed by atoms with Crippen LogP contribution in [0.25, 0.3) is 10.9 Å². The van der Waals surface area contributed by atoms with Crippen molar-refractivity contribution in [3.8, 4) is 0 Å². The number of H-pyrrole nitrogens is 2. The van der Waals surface area contributed by atoms with Crippen LogP contribution in [0.5, 0.6) is 0 Å². The summed E-state index contributed by atoms with van der Waals surface area (Å²) in [5.74, 6) is 0.436. The molecule has 5 heteroatoms. The Morgan fingerprint density at radius 1 is 1.35 bits per heavy atom. The van der Waals surface area contributed by atoms with Crippen molar-refractivity contribution in [3.05, 3.63) is 47.3 Å². The van der Waals surface area contributed by atoms with Crippen molar-refractivity contribution in [3.63, 3.8) is 0 Å². The van der Waals surface area contributed by atoms with Gasteiger partial charge in [-0.3, -0.25) is 9.89 Å². The second-order valence-corrected chi connectivity index (χ2v) is 4.73. The largest absolute Gasteiger partial charge is 0.361 e. The highest BCUT2D eigenvalue weighted by Gasteiger charge is 2.14. The molecule has 0 saturated carbocycles. The number of aromatic amines is 2. The number of amides is 1. The Bertz CT molecular complexity index is 769. The van der Waals surface area contributed by atoms with Crippen molar-refractivity contribution in [2.24, 2.45) is 0 Å². The molecule has 0 bridgehead atoms. The topological polar surface area (TPSA) is 73.6 Å². The fourth-order valence-electron chi connectivity index (χ4n) is 2.35. The maximum absolute atomic E-state index is 12.4. The summed E-state index contributed by atoms with van der Waals surface area (Å²) < 4.78 is 0. The molecule has 0 atom stereocenters. The first kappa shape index (κ1) is 12.5. The maximum Gasteiger partial charge on any atom is 0.259 e. The minimum absolute atomic E-state index is 0.157. The summed E-state index contributed by atoms with van der Waals surface area (Å²) in [4.78, 5) is 15.5. The zero-order valence-corrected chi connectivity index (χ0v) is 11.4. The molecule has 0 unspecified atom stereocenters. The summed E-state index contributed by atoms with van der Waals surface area (Å²) in [6, 6.07) is 7.59. The Labute approximate surface area is 116 Å². The lowest BCUT2D eigenvalue weighted by molar-refractivity contribution is 0.102. The number of aryl methyl sites for hydroxylation is 1. The first-order valence-corrected chi connectivity index (χ1v) is 6.62. The summed E-state index contributed by atoms with van der Waals surface area (Å²) in [7, 11) is 0. The Kier molecular flexibility index (Phi) is 3.02. The normalized spacial score (nSPS) is 10.9. The molecule has 0 aliphatic heterocycles. The van der Waals surface area contributed by atoms with Gasteiger partial charge in [0.2, 0.25) is 0 Å². The summed E-state index contributed by atoms with van der Waals surface area (Å²) in [6.45, 7) is 4.00. The smallest absolute Gasteiger partial charge is 0.259 e. The number of hydrogen-bond donors (Lipinski definition) is 3. The van der Waals surface area contributed by atoms with E-state index in [-0.39, 0.29) is 5.91 Å². The number of nitrogens with zero attached hydrogens (tertiary/aromatic N) is 1. The first-order valence-electron chi connectivity index (χ1n) is 6.62. The third kappa shape index (κ3) is 1.97. The Morgan fingerprint density at radius 2 is 2.20 bits per heavy atom. The highest BCUT2D eigenvalue weighted by molar-refractivity contribution is 6.11. The summed E-state index contributed by atoms with van der Waals surface area (Å²) in [5, 5.41) is 11.0. The van der Waals surface area contributed by atoms with E-state index in [1.807, 2.05) is 38.2 Å². The standard InChI is InChI=1S/C15H16N4O/c1-3-12-9(2)14(19-18-12)17-15(20)11-6-4-5-10-7-8-16-13(10)11/h4-8,16H,3H2,1-2H3,(H2,17,18,19,20). The van der Waals surface area contributed by atoms with Crippen LogP contribution in [0, 0.1) is 6.92 Å². The van der Waals surface area contributed by atoms with Crippen LogP contribution in [0.1, 0.15) is 28.5 Å². The van der Waals surface area contributed by atoms with E-state index in [4.69, 9.17) is 0 Å². The molecule has 1 amide bonds. The second kappa shape index (κ2) is 4.85. The van der Waals surface area contributed by atoms with Gasteiger partial charge in [-0.05, 0) is 25.5 Å². The average molecular weight is 268 g/mol. The van der Waals surface area contributed by atoms with Crippen LogP contribution in [0.15, 0.2) is 30.5 Å². The molecule has 102 valence electrons. The molecule has 2 heterocycles. The van der Waals surface area contributed by atoms with Crippen LogP contribution >= 0.6 is 0 Å². The lowest BCUT2D eigenvalue weighted by Gasteiger charge is -2.05. The number of aromatic nitrogens is 3. The molecule has 0 fully saturated rings. The molecule has 3 N–H and O–H groups in total. The highest BCUT2D eigenvalue weighted by atomic mass is 16.1. The van der Waals surface area contributed by atoms with Gasteiger partial charge in [0.05, 0.1) is 11.1 Å². The number of nitrogens with one attached hydrogen (secondary N) is 3. The Morgan fingerprint density at radius 3 is 2.95 bits per heavy atom. The van der Waals surface area contributed by atoms with Gasteiger partial charge in [-0.2, -0.15) is 5.10 Å². The molecule has 2 aromatic heterocycles. The van der Waals surface area contributed by atoms with Crippen molar-refractivity contribution in [2.75, 3.05) is 5.32 Å². The number of hydrogen-bond acceptors (Lipinski definition) is 2. The van der Waals surface area contributed by atoms with Crippen LogP contribution in [0.4, 0.5) is 5.82 Å². The van der Waals surface area contributed by atoms with Crippen LogP contribution < -0.4 is 5.32 Å². The zero-order chi connectivity index (χ0) is 14.1. The molecular formula is C15H16N4O. The second-order valence-electron chi connectivity index (χ2n) is 4.73. The van der Waals surface area contributed by atoms with Crippen LogP contribution in [-0.2, 0) is 6.42 Å². The third-order valence-corrected chi connectivity index (χ3v) is 3.53. The zero-order valence-electron chi connectivity index (χ0n) is 11.4. The van der Waals surface area contributed by atoms with E-state index >= 15 is 0 Å². The molecule has 0 saturated heterocycles. The van der Waals surface area contributed by atoms with E-state index in [9.17, 15) is 4.79 Å². The number of para-hydroxylation sites is 1. The number of carbonyl (C=O) groups excluding carboxylic acids is 1. The fourth-order valence-corrected chi connectivity index (χ4v) is 2.35. The number of carbonyl (C=O) groups is 1. The number of benzene rings is 1. The molecule has 5 nitrogen and oxygen atoms in total. The minimum Gasteiger partial charge on any atom is -0.361 e. The van der Waals surface area contributed by atoms with E-state index in [2.05, 4.69) is 20.5 Å².